The lowest BCUT2D eigenvalue weighted by molar-refractivity contribution is -0.182. The van der Waals surface area contributed by atoms with Crippen molar-refractivity contribution in [1.29, 1.82) is 0 Å². The van der Waals surface area contributed by atoms with Gasteiger partial charge in [0.15, 0.2) is 5.79 Å². The molecule has 0 N–H and O–H groups in total. The Morgan fingerprint density at radius 1 is 0.973 bits per heavy atom. The summed E-state index contributed by atoms with van der Waals surface area (Å²) in [5.41, 5.74) is 2.92. The van der Waals surface area contributed by atoms with Crippen LogP contribution < -0.4 is 0 Å². The van der Waals surface area contributed by atoms with Gasteiger partial charge in [0.25, 0.3) is 10.1 Å². The van der Waals surface area contributed by atoms with Crippen molar-refractivity contribution in [2.45, 2.75) is 128 Å². The first-order chi connectivity index (χ1) is 17.3. The Hall–Kier alpha value is -1.74. The van der Waals surface area contributed by atoms with Crippen molar-refractivity contribution in [3.8, 4) is 0 Å². The Morgan fingerprint density at radius 3 is 2.00 bits per heavy atom. The van der Waals surface area contributed by atoms with Gasteiger partial charge in [0.2, 0.25) is 0 Å². The molecule has 1 fully saturated rings. The molecule has 8 heteroatoms. The molecule has 1 aromatic carbocycles. The van der Waals surface area contributed by atoms with Gasteiger partial charge in [-0.1, -0.05) is 67.5 Å². The van der Waals surface area contributed by atoms with Crippen LogP contribution in [0.25, 0.3) is 0 Å². The molecule has 0 bridgehead atoms. The summed E-state index contributed by atoms with van der Waals surface area (Å²) in [6.07, 6.45) is 0.750. The predicted octanol–water partition coefficient (Wildman–Crippen LogP) is 6.32. The average molecular weight is 537 g/mol. The third-order valence-corrected chi connectivity index (χ3v) is 8.85. The van der Waals surface area contributed by atoms with Crippen LogP contribution in [0.1, 0.15) is 116 Å². The maximum atomic E-state index is 14.1. The van der Waals surface area contributed by atoms with E-state index in [1.54, 1.807) is 13.0 Å². The molecule has 0 spiro atoms. The molecule has 37 heavy (non-hydrogen) atoms. The molecule has 0 amide bonds. The van der Waals surface area contributed by atoms with Crippen LogP contribution in [0.15, 0.2) is 28.7 Å². The minimum Gasteiger partial charge on any atom is -0.463 e. The quantitative estimate of drug-likeness (QED) is 0.255. The van der Waals surface area contributed by atoms with Gasteiger partial charge in [-0.3, -0.25) is 4.18 Å². The van der Waals surface area contributed by atoms with E-state index in [-0.39, 0.29) is 35.7 Å². The number of hydrogen-bond acceptors (Lipinski definition) is 7. The molecule has 7 nitrogen and oxygen atoms in total. The second kappa shape index (κ2) is 11.6. The monoisotopic (exact) mass is 536 g/mol. The number of benzene rings is 1. The fourth-order valence-electron chi connectivity index (χ4n) is 5.11. The molecule has 3 atom stereocenters. The summed E-state index contributed by atoms with van der Waals surface area (Å²) < 4.78 is 52.0. The molecule has 2 aliphatic rings. The lowest BCUT2D eigenvalue weighted by Gasteiger charge is -2.31. The zero-order valence-corrected chi connectivity index (χ0v) is 24.6. The van der Waals surface area contributed by atoms with Gasteiger partial charge in [0, 0.05) is 12.0 Å². The summed E-state index contributed by atoms with van der Waals surface area (Å²) in [5.74, 6) is -1.15. The number of ether oxygens (including phenoxy) is 3. The highest BCUT2D eigenvalue weighted by molar-refractivity contribution is 7.86. The third-order valence-electron chi connectivity index (χ3n) is 7.37. The van der Waals surface area contributed by atoms with E-state index in [1.165, 1.54) is 0 Å². The first-order valence-electron chi connectivity index (χ1n) is 13.6. The van der Waals surface area contributed by atoms with Crippen LogP contribution in [0.5, 0.6) is 0 Å². The van der Waals surface area contributed by atoms with Crippen molar-refractivity contribution in [3.63, 3.8) is 0 Å². The van der Waals surface area contributed by atoms with Crippen molar-refractivity contribution in [2.24, 2.45) is 0 Å². The lowest BCUT2D eigenvalue weighted by atomic mass is 9.89. The van der Waals surface area contributed by atoms with Crippen molar-refractivity contribution < 1.29 is 31.6 Å². The highest BCUT2D eigenvalue weighted by Crippen LogP contribution is 2.43. The molecule has 0 radical (unpaired) electrons. The summed E-state index contributed by atoms with van der Waals surface area (Å²) in [4.78, 5) is 12.9. The second-order valence-electron chi connectivity index (χ2n) is 11.0. The van der Waals surface area contributed by atoms with Crippen LogP contribution in [0.4, 0.5) is 0 Å². The molecule has 0 aromatic heterocycles. The van der Waals surface area contributed by atoms with Gasteiger partial charge < -0.3 is 14.2 Å². The smallest absolute Gasteiger partial charge is 0.333 e. The number of hydrogen-bond donors (Lipinski definition) is 0. The van der Waals surface area contributed by atoms with Crippen molar-refractivity contribution in [3.05, 3.63) is 40.5 Å². The molecule has 1 aromatic rings. The molecule has 1 saturated heterocycles. The first-order valence-corrected chi connectivity index (χ1v) is 15.0. The highest BCUT2D eigenvalue weighted by Gasteiger charge is 2.52. The summed E-state index contributed by atoms with van der Waals surface area (Å²) in [7, 11) is -4.22. The largest absolute Gasteiger partial charge is 0.463 e. The van der Waals surface area contributed by atoms with E-state index in [9.17, 15) is 13.2 Å². The van der Waals surface area contributed by atoms with Crippen LogP contribution in [0.2, 0.25) is 0 Å². The normalized spacial score (nSPS) is 23.5. The molecule has 1 aliphatic heterocycles. The molecule has 3 rings (SSSR count). The van der Waals surface area contributed by atoms with Gasteiger partial charge in [-0.25, -0.2) is 4.79 Å². The minimum absolute atomic E-state index is 0.0300. The highest BCUT2D eigenvalue weighted by atomic mass is 32.2. The minimum atomic E-state index is -4.22. The molecule has 0 unspecified atom stereocenters. The maximum Gasteiger partial charge on any atom is 0.333 e. The average Bonchev–Trinajstić information content (AvgIpc) is 3.22. The van der Waals surface area contributed by atoms with Crippen LogP contribution in [0, 0.1) is 0 Å². The zero-order valence-electron chi connectivity index (χ0n) is 23.8. The number of rotatable bonds is 10. The second-order valence-corrected chi connectivity index (χ2v) is 12.5. The van der Waals surface area contributed by atoms with E-state index in [0.29, 0.717) is 18.4 Å². The summed E-state index contributed by atoms with van der Waals surface area (Å²) >= 11 is 0. The standard InChI is InChI=1S/C29H44O7S/c1-10-29(11-2)34-24-15-21(28(30)33-12-3)16-25(26(24)35-29)36-37(31,32)27-22(18(6)7)13-20(17(4)5)14-23(27)19(8)9/h13-15,17-19,24-26H,10-12,16H2,1-9H3/t24-,25-,26-/m1/s1. The van der Waals surface area contributed by atoms with E-state index in [1.807, 2.05) is 53.7 Å². The van der Waals surface area contributed by atoms with Gasteiger partial charge in [-0.05, 0) is 60.3 Å². The van der Waals surface area contributed by atoms with Gasteiger partial charge in [-0.2, -0.15) is 8.42 Å². The number of fused-ring (bicyclic) bond motifs is 1. The van der Waals surface area contributed by atoms with Crippen LogP contribution in [-0.4, -0.2) is 45.1 Å². The van der Waals surface area contributed by atoms with Gasteiger partial charge in [0.05, 0.1) is 6.61 Å². The van der Waals surface area contributed by atoms with E-state index < -0.39 is 40.2 Å². The van der Waals surface area contributed by atoms with Gasteiger partial charge in [-0.15, -0.1) is 0 Å². The third kappa shape index (κ3) is 6.13. The molecular weight excluding hydrogens is 492 g/mol. The molecule has 208 valence electrons. The fraction of sp³-hybridized carbons (Fsp3) is 0.690. The summed E-state index contributed by atoms with van der Waals surface area (Å²) in [6, 6.07) is 3.97. The van der Waals surface area contributed by atoms with Crippen molar-refractivity contribution in [1.82, 2.24) is 0 Å². The molecule has 0 saturated carbocycles. The van der Waals surface area contributed by atoms with E-state index in [0.717, 1.165) is 16.7 Å². The van der Waals surface area contributed by atoms with Crippen molar-refractivity contribution >= 4 is 16.1 Å². The SMILES string of the molecule is CCOC(=O)C1=C[C@H]2OC(CC)(CC)O[C@H]2[C@H](OS(=O)(=O)c2c(C(C)C)cc(C(C)C)cc2C(C)C)C1. The van der Waals surface area contributed by atoms with Gasteiger partial charge >= 0.3 is 5.97 Å². The Balaban J connectivity index is 2.09. The van der Waals surface area contributed by atoms with Crippen LogP contribution in [0.3, 0.4) is 0 Å². The molecule has 1 aliphatic carbocycles. The van der Waals surface area contributed by atoms with Gasteiger partial charge in [0.1, 0.15) is 23.2 Å². The predicted molar refractivity (Wildman–Crippen MR) is 143 cm³/mol. The molecule has 1 heterocycles. The van der Waals surface area contributed by atoms with Crippen LogP contribution in [-0.2, 0) is 33.3 Å². The molecular formula is C29H44O7S. The maximum absolute atomic E-state index is 14.1. The first kappa shape index (κ1) is 29.8. The van der Waals surface area contributed by atoms with E-state index >= 15 is 0 Å². The Morgan fingerprint density at radius 2 is 1.54 bits per heavy atom. The Labute approximate surface area is 223 Å². The Kier molecular flexibility index (Phi) is 9.31. The summed E-state index contributed by atoms with van der Waals surface area (Å²) in [5, 5.41) is 0. The number of carbonyl (C=O) groups is 1. The topological polar surface area (TPSA) is 88.1 Å². The summed E-state index contributed by atoms with van der Waals surface area (Å²) in [6.45, 7) is 18.0. The zero-order chi connectivity index (χ0) is 27.7. The lowest BCUT2D eigenvalue weighted by Crippen LogP contribution is -2.42. The fourth-order valence-corrected chi connectivity index (χ4v) is 6.88. The number of esters is 1. The number of carbonyl (C=O) groups excluding carboxylic acids is 1. The van der Waals surface area contributed by atoms with Crippen LogP contribution >= 0.6 is 0 Å². The van der Waals surface area contributed by atoms with E-state index in [4.69, 9.17) is 18.4 Å². The van der Waals surface area contributed by atoms with Crippen molar-refractivity contribution in [2.75, 3.05) is 6.61 Å². The Bertz CT molecular complexity index is 1080. The van der Waals surface area contributed by atoms with E-state index in [2.05, 4.69) is 13.8 Å².